The van der Waals surface area contributed by atoms with E-state index >= 15 is 0 Å². The average Bonchev–Trinajstić information content (AvgIpc) is 3.22. The summed E-state index contributed by atoms with van der Waals surface area (Å²) in [6, 6.07) is 0. The van der Waals surface area contributed by atoms with Gasteiger partial charge in [0.1, 0.15) is 6.61 Å². The number of hydrogen-bond donors (Lipinski definition) is 2. The third kappa shape index (κ3) is 45.1. The van der Waals surface area contributed by atoms with E-state index in [1.807, 2.05) is 0 Å². The van der Waals surface area contributed by atoms with Crippen molar-refractivity contribution >= 4 is 19.8 Å². The van der Waals surface area contributed by atoms with Gasteiger partial charge in [-0.2, -0.15) is 0 Å². The Morgan fingerprint density at radius 1 is 0.525 bits per heavy atom. The Labute approximate surface area is 361 Å². The molecule has 342 valence electrons. The predicted molar refractivity (Wildman–Crippen MR) is 247 cm³/mol. The molecule has 0 bridgehead atoms. The maximum absolute atomic E-state index is 12.6. The monoisotopic (exact) mass is 850 g/mol. The molecule has 0 radical (unpaired) electrons. The van der Waals surface area contributed by atoms with Gasteiger partial charge in [0.05, 0.1) is 13.2 Å². The Morgan fingerprint density at radius 3 is 1.41 bits per heavy atom. The Hall–Kier alpha value is -2.29. The molecule has 0 rings (SSSR count). The van der Waals surface area contributed by atoms with Gasteiger partial charge < -0.3 is 20.1 Å². The van der Waals surface area contributed by atoms with Crippen LogP contribution in [0.25, 0.3) is 0 Å². The summed E-state index contributed by atoms with van der Waals surface area (Å²) in [5, 5.41) is 0. The highest BCUT2D eigenvalue weighted by Gasteiger charge is 2.26. The lowest BCUT2D eigenvalue weighted by Gasteiger charge is -2.19. The van der Waals surface area contributed by atoms with E-state index in [0.717, 1.165) is 89.9 Å². The summed E-state index contributed by atoms with van der Waals surface area (Å²) >= 11 is 0. The van der Waals surface area contributed by atoms with Crippen LogP contribution >= 0.6 is 7.82 Å². The van der Waals surface area contributed by atoms with Crippen molar-refractivity contribution in [3.8, 4) is 0 Å². The van der Waals surface area contributed by atoms with E-state index in [0.29, 0.717) is 6.42 Å². The zero-order valence-corrected chi connectivity index (χ0v) is 38.6. The number of phosphoric acid groups is 1. The van der Waals surface area contributed by atoms with Crippen molar-refractivity contribution in [2.45, 2.75) is 213 Å². The van der Waals surface area contributed by atoms with Gasteiger partial charge in [-0.05, 0) is 70.6 Å². The fourth-order valence-electron chi connectivity index (χ4n) is 6.37. The first-order valence-electron chi connectivity index (χ1n) is 23.8. The fourth-order valence-corrected chi connectivity index (χ4v) is 7.14. The molecule has 59 heavy (non-hydrogen) atoms. The predicted octanol–water partition coefficient (Wildman–Crippen LogP) is 14.1. The number of nitrogens with two attached hydrogens (primary N) is 1. The van der Waals surface area contributed by atoms with E-state index in [4.69, 9.17) is 24.3 Å². The SMILES string of the molecule is CC/C=C\C/C=C\C/C=C\C/C=C\CCCCCCCCCCCCCCCCC(=O)OC(COC(=O)CCCCCCC/C=C\CCCC)COP(=O)(O)OCCN. The van der Waals surface area contributed by atoms with E-state index in [2.05, 4.69) is 74.6 Å². The van der Waals surface area contributed by atoms with Crippen LogP contribution in [0.1, 0.15) is 206 Å². The smallest absolute Gasteiger partial charge is 0.462 e. The summed E-state index contributed by atoms with van der Waals surface area (Å²) in [6.45, 7) is 3.57. The molecule has 0 spiro atoms. The van der Waals surface area contributed by atoms with E-state index in [9.17, 15) is 19.0 Å². The van der Waals surface area contributed by atoms with Crippen LogP contribution in [0.4, 0.5) is 0 Å². The number of allylic oxidation sites excluding steroid dienone is 10. The van der Waals surface area contributed by atoms with Gasteiger partial charge >= 0.3 is 19.8 Å². The van der Waals surface area contributed by atoms with Crippen molar-refractivity contribution in [3.05, 3.63) is 60.8 Å². The van der Waals surface area contributed by atoms with Crippen LogP contribution in [0.15, 0.2) is 60.8 Å². The Morgan fingerprint density at radius 2 is 0.932 bits per heavy atom. The lowest BCUT2D eigenvalue weighted by molar-refractivity contribution is -0.161. The maximum Gasteiger partial charge on any atom is 0.472 e. The molecule has 0 aromatic carbocycles. The van der Waals surface area contributed by atoms with Gasteiger partial charge in [0, 0.05) is 19.4 Å². The number of phosphoric ester groups is 1. The van der Waals surface area contributed by atoms with Crippen LogP contribution in [0, 0.1) is 0 Å². The van der Waals surface area contributed by atoms with Crippen molar-refractivity contribution in [3.63, 3.8) is 0 Å². The molecule has 2 unspecified atom stereocenters. The molecule has 0 fully saturated rings. The van der Waals surface area contributed by atoms with Crippen LogP contribution in [0.3, 0.4) is 0 Å². The van der Waals surface area contributed by atoms with Gasteiger partial charge in [0.25, 0.3) is 0 Å². The molecule has 10 heteroatoms. The summed E-state index contributed by atoms with van der Waals surface area (Å²) in [5.41, 5.74) is 5.35. The maximum atomic E-state index is 12.6. The highest BCUT2D eigenvalue weighted by atomic mass is 31.2. The molecule has 9 nitrogen and oxygen atoms in total. The average molecular weight is 850 g/mol. The minimum absolute atomic E-state index is 0.0509. The standard InChI is InChI=1S/C49H88NO8P/c1-3-5-7-9-11-13-15-16-17-18-19-20-21-22-23-24-25-26-27-28-29-30-32-34-36-38-40-42-49(52)58-47(46-57-59(53,54)56-44-43-50)45-55-48(51)41-39-37-35-33-31-14-12-10-8-6-4-2/h5,7,10-13,16-17,19-20,47H,3-4,6,8-9,14-15,18,21-46,50H2,1-2H3,(H,53,54)/b7-5-,12-10-,13-11-,17-16-,20-19-. The molecule has 0 amide bonds. The highest BCUT2D eigenvalue weighted by molar-refractivity contribution is 7.47. The molecule has 0 aromatic heterocycles. The molecular weight excluding hydrogens is 762 g/mol. The second-order valence-electron chi connectivity index (χ2n) is 15.6. The molecular formula is C49H88NO8P. The van der Waals surface area contributed by atoms with Crippen molar-refractivity contribution in [1.82, 2.24) is 0 Å². The van der Waals surface area contributed by atoms with Gasteiger partial charge in [-0.25, -0.2) is 4.57 Å². The van der Waals surface area contributed by atoms with E-state index in [1.54, 1.807) is 0 Å². The zero-order valence-electron chi connectivity index (χ0n) is 37.7. The van der Waals surface area contributed by atoms with Gasteiger partial charge in [-0.15, -0.1) is 0 Å². The fraction of sp³-hybridized carbons (Fsp3) is 0.755. The second-order valence-corrected chi connectivity index (χ2v) is 17.0. The molecule has 0 heterocycles. The van der Waals surface area contributed by atoms with Gasteiger partial charge in [-0.3, -0.25) is 18.6 Å². The third-order valence-corrected chi connectivity index (χ3v) is 10.9. The lowest BCUT2D eigenvalue weighted by Crippen LogP contribution is -2.29. The summed E-state index contributed by atoms with van der Waals surface area (Å²) in [4.78, 5) is 34.9. The van der Waals surface area contributed by atoms with Gasteiger partial charge in [0.2, 0.25) is 0 Å². The van der Waals surface area contributed by atoms with Crippen LogP contribution in [-0.2, 0) is 32.7 Å². The Kier molecular flexibility index (Phi) is 43.5. The number of esters is 2. The van der Waals surface area contributed by atoms with Crippen molar-refractivity contribution in [2.24, 2.45) is 5.73 Å². The summed E-state index contributed by atoms with van der Waals surface area (Å²) in [6.07, 6.45) is 54.1. The first kappa shape index (κ1) is 56.7. The van der Waals surface area contributed by atoms with Gasteiger partial charge in [0.15, 0.2) is 6.10 Å². The first-order chi connectivity index (χ1) is 28.8. The van der Waals surface area contributed by atoms with Crippen LogP contribution < -0.4 is 5.73 Å². The molecule has 2 atom stereocenters. The number of ether oxygens (including phenoxy) is 2. The molecule has 0 aliphatic rings. The largest absolute Gasteiger partial charge is 0.472 e. The Bertz CT molecular complexity index is 1150. The van der Waals surface area contributed by atoms with Crippen LogP contribution in [0.5, 0.6) is 0 Å². The first-order valence-corrected chi connectivity index (χ1v) is 25.3. The normalized spacial score (nSPS) is 13.8. The number of carbonyl (C=O) groups is 2. The molecule has 0 saturated carbocycles. The summed E-state index contributed by atoms with van der Waals surface area (Å²) < 4.78 is 32.8. The van der Waals surface area contributed by atoms with Crippen molar-refractivity contribution < 1.29 is 37.6 Å². The quantitative estimate of drug-likeness (QED) is 0.0266. The number of hydrogen-bond acceptors (Lipinski definition) is 8. The van der Waals surface area contributed by atoms with Crippen LogP contribution in [-0.4, -0.2) is 49.3 Å². The Balaban J connectivity index is 3.98. The third-order valence-electron chi connectivity index (χ3n) is 9.89. The molecule has 0 saturated heterocycles. The van der Waals surface area contributed by atoms with Crippen LogP contribution in [0.2, 0.25) is 0 Å². The lowest BCUT2D eigenvalue weighted by atomic mass is 10.0. The second kappa shape index (κ2) is 45.2. The number of rotatable bonds is 44. The van der Waals surface area contributed by atoms with Crippen molar-refractivity contribution in [2.75, 3.05) is 26.4 Å². The number of unbranched alkanes of at least 4 members (excludes halogenated alkanes) is 21. The molecule has 0 aromatic rings. The molecule has 0 aliphatic carbocycles. The zero-order chi connectivity index (χ0) is 43.2. The number of carbonyl (C=O) groups excluding carboxylic acids is 2. The molecule has 0 aliphatic heterocycles. The minimum Gasteiger partial charge on any atom is -0.462 e. The molecule has 3 N–H and O–H groups in total. The summed E-state index contributed by atoms with van der Waals surface area (Å²) in [5.74, 6) is -0.840. The van der Waals surface area contributed by atoms with E-state index < -0.39 is 32.5 Å². The van der Waals surface area contributed by atoms with E-state index in [-0.39, 0.29) is 32.6 Å². The minimum atomic E-state index is -4.38. The highest BCUT2D eigenvalue weighted by Crippen LogP contribution is 2.43. The van der Waals surface area contributed by atoms with E-state index in [1.165, 1.54) is 83.5 Å². The van der Waals surface area contributed by atoms with Crippen molar-refractivity contribution in [1.29, 1.82) is 0 Å². The topological polar surface area (TPSA) is 134 Å². The summed E-state index contributed by atoms with van der Waals surface area (Å²) in [7, 11) is -4.38. The van der Waals surface area contributed by atoms with Gasteiger partial charge in [-0.1, -0.05) is 184 Å².